The zero-order valence-electron chi connectivity index (χ0n) is 13.3. The Balaban J connectivity index is 1.68. The summed E-state index contributed by atoms with van der Waals surface area (Å²) in [7, 11) is 1.98. The number of carbonyl (C=O) groups excluding carboxylic acids is 1. The minimum atomic E-state index is 0.247. The Kier molecular flexibility index (Phi) is 4.27. The minimum Gasteiger partial charge on any atom is -0.340 e. The van der Waals surface area contributed by atoms with Crippen molar-refractivity contribution in [1.82, 2.24) is 14.5 Å². The number of hydrogen-bond acceptors (Lipinski definition) is 2. The summed E-state index contributed by atoms with van der Waals surface area (Å²) in [6.45, 7) is 3.06. The molecule has 1 amide bonds. The van der Waals surface area contributed by atoms with E-state index in [2.05, 4.69) is 11.9 Å². The maximum Gasteiger partial charge on any atom is 0.227 e. The van der Waals surface area contributed by atoms with Gasteiger partial charge in [0.25, 0.3) is 0 Å². The van der Waals surface area contributed by atoms with Crippen LogP contribution in [0.3, 0.4) is 0 Å². The first-order valence-corrected chi connectivity index (χ1v) is 8.01. The van der Waals surface area contributed by atoms with E-state index in [0.717, 1.165) is 36.3 Å². The summed E-state index contributed by atoms with van der Waals surface area (Å²) in [5.41, 5.74) is 2.15. The number of amides is 1. The average molecular weight is 297 g/mol. The van der Waals surface area contributed by atoms with E-state index in [0.29, 0.717) is 12.5 Å². The number of likely N-dealkylation sites (tertiary alicyclic amines) is 1. The first kappa shape index (κ1) is 14.8. The summed E-state index contributed by atoms with van der Waals surface area (Å²) in [5, 5.41) is 0. The highest BCUT2D eigenvalue weighted by atomic mass is 16.2. The molecule has 2 aromatic rings. The van der Waals surface area contributed by atoms with E-state index in [1.165, 1.54) is 6.42 Å². The van der Waals surface area contributed by atoms with E-state index in [-0.39, 0.29) is 5.91 Å². The van der Waals surface area contributed by atoms with Gasteiger partial charge in [0.15, 0.2) is 0 Å². The van der Waals surface area contributed by atoms with Crippen molar-refractivity contribution in [2.45, 2.75) is 38.6 Å². The molecule has 0 aliphatic carbocycles. The zero-order valence-corrected chi connectivity index (χ0v) is 13.3. The smallest absolute Gasteiger partial charge is 0.227 e. The van der Waals surface area contributed by atoms with Crippen LogP contribution in [-0.2, 0) is 18.3 Å². The predicted octanol–water partition coefficient (Wildman–Crippen LogP) is 3.03. The van der Waals surface area contributed by atoms with E-state index in [1.54, 1.807) is 6.20 Å². The van der Waals surface area contributed by atoms with Crippen molar-refractivity contribution in [2.24, 2.45) is 7.05 Å². The maximum absolute atomic E-state index is 12.5. The van der Waals surface area contributed by atoms with Crippen molar-refractivity contribution in [3.05, 3.63) is 42.2 Å². The van der Waals surface area contributed by atoms with E-state index in [1.807, 2.05) is 47.0 Å². The fourth-order valence-electron chi connectivity index (χ4n) is 3.16. The van der Waals surface area contributed by atoms with Gasteiger partial charge in [-0.25, -0.2) is 4.98 Å². The van der Waals surface area contributed by atoms with Gasteiger partial charge < -0.3 is 9.47 Å². The van der Waals surface area contributed by atoms with Crippen LogP contribution in [0.15, 0.2) is 36.7 Å². The van der Waals surface area contributed by atoms with Gasteiger partial charge in [-0.2, -0.15) is 0 Å². The van der Waals surface area contributed by atoms with Crippen molar-refractivity contribution in [3.63, 3.8) is 0 Å². The molecule has 116 valence electrons. The molecule has 0 bridgehead atoms. The van der Waals surface area contributed by atoms with Crippen LogP contribution in [0.25, 0.3) is 11.4 Å². The SMILES string of the molecule is C[C@H]1CCCCN1C(=O)Cc1ccc(-c2nccn2C)cc1. The number of carbonyl (C=O) groups is 1. The number of imidazole rings is 1. The summed E-state index contributed by atoms with van der Waals surface area (Å²) in [6, 6.07) is 8.55. The van der Waals surface area contributed by atoms with Crippen LogP contribution in [0, 0.1) is 0 Å². The number of hydrogen-bond donors (Lipinski definition) is 0. The summed E-state index contributed by atoms with van der Waals surface area (Å²) >= 11 is 0. The fraction of sp³-hybridized carbons (Fsp3) is 0.444. The zero-order chi connectivity index (χ0) is 15.5. The Morgan fingerprint density at radius 3 is 2.68 bits per heavy atom. The number of piperidine rings is 1. The average Bonchev–Trinajstić information content (AvgIpc) is 2.94. The number of rotatable bonds is 3. The number of aryl methyl sites for hydroxylation is 1. The Morgan fingerprint density at radius 1 is 1.27 bits per heavy atom. The highest BCUT2D eigenvalue weighted by Gasteiger charge is 2.22. The molecule has 0 unspecified atom stereocenters. The Labute approximate surface area is 131 Å². The molecule has 1 aromatic heterocycles. The van der Waals surface area contributed by atoms with Crippen LogP contribution >= 0.6 is 0 Å². The van der Waals surface area contributed by atoms with Gasteiger partial charge in [-0.1, -0.05) is 24.3 Å². The standard InChI is InChI=1S/C18H23N3O/c1-14-5-3-4-11-21(14)17(22)13-15-6-8-16(9-7-15)18-19-10-12-20(18)2/h6-10,12,14H,3-5,11,13H2,1-2H3/t14-/m0/s1. The lowest BCUT2D eigenvalue weighted by Gasteiger charge is -2.33. The van der Waals surface area contributed by atoms with Crippen LogP contribution in [0.5, 0.6) is 0 Å². The Bertz CT molecular complexity index is 645. The molecule has 3 rings (SSSR count). The van der Waals surface area contributed by atoms with Crippen molar-refractivity contribution >= 4 is 5.91 Å². The predicted molar refractivity (Wildman–Crippen MR) is 87.4 cm³/mol. The lowest BCUT2D eigenvalue weighted by atomic mass is 10.0. The van der Waals surface area contributed by atoms with Crippen molar-refractivity contribution < 1.29 is 4.79 Å². The van der Waals surface area contributed by atoms with Gasteiger partial charge in [0.2, 0.25) is 5.91 Å². The third kappa shape index (κ3) is 3.06. The van der Waals surface area contributed by atoms with E-state index < -0.39 is 0 Å². The second-order valence-corrected chi connectivity index (χ2v) is 6.17. The highest BCUT2D eigenvalue weighted by molar-refractivity contribution is 5.79. The van der Waals surface area contributed by atoms with Gasteiger partial charge >= 0.3 is 0 Å². The monoisotopic (exact) mass is 297 g/mol. The second-order valence-electron chi connectivity index (χ2n) is 6.17. The van der Waals surface area contributed by atoms with Gasteiger partial charge in [0.1, 0.15) is 5.82 Å². The Morgan fingerprint density at radius 2 is 2.05 bits per heavy atom. The molecule has 1 aliphatic rings. The molecule has 4 heteroatoms. The van der Waals surface area contributed by atoms with Gasteiger partial charge in [-0.3, -0.25) is 4.79 Å². The first-order chi connectivity index (χ1) is 10.6. The van der Waals surface area contributed by atoms with Crippen molar-refractivity contribution in [1.29, 1.82) is 0 Å². The van der Waals surface area contributed by atoms with Crippen LogP contribution in [-0.4, -0.2) is 32.9 Å². The third-order valence-electron chi connectivity index (χ3n) is 4.51. The lowest BCUT2D eigenvalue weighted by Crippen LogP contribution is -2.42. The largest absolute Gasteiger partial charge is 0.340 e. The maximum atomic E-state index is 12.5. The van der Waals surface area contributed by atoms with Crippen LogP contribution in [0.1, 0.15) is 31.7 Å². The first-order valence-electron chi connectivity index (χ1n) is 8.01. The van der Waals surface area contributed by atoms with E-state index in [9.17, 15) is 4.79 Å². The van der Waals surface area contributed by atoms with Gasteiger partial charge in [0.05, 0.1) is 6.42 Å². The molecule has 4 nitrogen and oxygen atoms in total. The number of nitrogens with zero attached hydrogens (tertiary/aromatic N) is 3. The lowest BCUT2D eigenvalue weighted by molar-refractivity contribution is -0.133. The number of benzene rings is 1. The summed E-state index contributed by atoms with van der Waals surface area (Å²) in [6.07, 6.45) is 7.72. The molecule has 0 N–H and O–H groups in total. The molecule has 0 spiro atoms. The molecule has 1 atom stereocenters. The molecular formula is C18H23N3O. The summed E-state index contributed by atoms with van der Waals surface area (Å²) in [5.74, 6) is 1.19. The van der Waals surface area contributed by atoms with Crippen LogP contribution < -0.4 is 0 Å². The molecule has 1 saturated heterocycles. The molecule has 1 fully saturated rings. The molecule has 1 aromatic carbocycles. The van der Waals surface area contributed by atoms with E-state index in [4.69, 9.17) is 0 Å². The van der Waals surface area contributed by atoms with E-state index >= 15 is 0 Å². The van der Waals surface area contributed by atoms with Crippen LogP contribution in [0.4, 0.5) is 0 Å². The highest BCUT2D eigenvalue weighted by Crippen LogP contribution is 2.20. The summed E-state index contributed by atoms with van der Waals surface area (Å²) in [4.78, 5) is 18.8. The molecule has 1 aliphatic heterocycles. The van der Waals surface area contributed by atoms with Crippen molar-refractivity contribution in [2.75, 3.05) is 6.54 Å². The quantitative estimate of drug-likeness (QED) is 0.873. The van der Waals surface area contributed by atoms with Gasteiger partial charge in [0, 0.05) is 37.6 Å². The fourth-order valence-corrected chi connectivity index (χ4v) is 3.16. The molecule has 0 radical (unpaired) electrons. The molecule has 2 heterocycles. The Hall–Kier alpha value is -2.10. The normalized spacial score (nSPS) is 18.5. The molecular weight excluding hydrogens is 274 g/mol. The molecule has 22 heavy (non-hydrogen) atoms. The second kappa shape index (κ2) is 6.34. The summed E-state index contributed by atoms with van der Waals surface area (Å²) < 4.78 is 2.00. The van der Waals surface area contributed by atoms with Crippen LogP contribution in [0.2, 0.25) is 0 Å². The minimum absolute atomic E-state index is 0.247. The van der Waals surface area contributed by atoms with Gasteiger partial charge in [-0.05, 0) is 31.7 Å². The number of aromatic nitrogens is 2. The topological polar surface area (TPSA) is 38.1 Å². The van der Waals surface area contributed by atoms with Crippen molar-refractivity contribution in [3.8, 4) is 11.4 Å². The molecule has 0 saturated carbocycles. The third-order valence-corrected chi connectivity index (χ3v) is 4.51. The van der Waals surface area contributed by atoms with Gasteiger partial charge in [-0.15, -0.1) is 0 Å².